The first-order valence-corrected chi connectivity index (χ1v) is 5.79. The molecule has 0 aliphatic carbocycles. The number of carbonyl (C=O) groups is 1. The van der Waals surface area contributed by atoms with Gasteiger partial charge in [0.2, 0.25) is 5.91 Å². The standard InChI is InChI=1S/C12H18N2O5/c1-2-3-4-7(11(13)18)5-14-12-10(17)9(16)8(6-15)19-12/h2-5,8-10,12,15-17H,6H2,1H3,(H2,13,18)/b3-2-,7-4+,14-5?/t8?,9-,10?,12-/m1/s1. The van der Waals surface area contributed by atoms with Crippen molar-refractivity contribution in [2.24, 2.45) is 10.7 Å². The van der Waals surface area contributed by atoms with Gasteiger partial charge in [-0.3, -0.25) is 9.79 Å². The Bertz CT molecular complexity index is 405. The number of aliphatic hydroxyl groups is 3. The summed E-state index contributed by atoms with van der Waals surface area (Å²) in [5.41, 5.74) is 5.29. The Kier molecular flexibility index (Phi) is 5.84. The molecule has 0 radical (unpaired) electrons. The Morgan fingerprint density at radius 2 is 2.11 bits per heavy atom. The molecule has 1 heterocycles. The fourth-order valence-electron chi connectivity index (χ4n) is 1.55. The van der Waals surface area contributed by atoms with Crippen molar-refractivity contribution < 1.29 is 24.9 Å². The minimum atomic E-state index is -1.26. The Balaban J connectivity index is 2.78. The SMILES string of the molecule is C/C=C\C=C(/C=N[C@@H]1OC(CO)[C@@H](O)C1O)C(N)=O. The van der Waals surface area contributed by atoms with Crippen LogP contribution >= 0.6 is 0 Å². The van der Waals surface area contributed by atoms with Gasteiger partial charge >= 0.3 is 0 Å². The zero-order chi connectivity index (χ0) is 14.4. The van der Waals surface area contributed by atoms with E-state index in [9.17, 15) is 15.0 Å². The molecular weight excluding hydrogens is 252 g/mol. The van der Waals surface area contributed by atoms with Gasteiger partial charge in [-0.25, -0.2) is 0 Å². The minimum absolute atomic E-state index is 0.135. The lowest BCUT2D eigenvalue weighted by atomic mass is 10.1. The summed E-state index contributed by atoms with van der Waals surface area (Å²) in [6.07, 6.45) is 1.55. The van der Waals surface area contributed by atoms with E-state index in [0.717, 1.165) is 0 Å². The average molecular weight is 270 g/mol. The van der Waals surface area contributed by atoms with Gasteiger partial charge in [-0.15, -0.1) is 0 Å². The van der Waals surface area contributed by atoms with Crippen LogP contribution in [-0.4, -0.2) is 58.6 Å². The first kappa shape index (κ1) is 15.5. The van der Waals surface area contributed by atoms with Crippen molar-refractivity contribution in [2.75, 3.05) is 6.61 Å². The lowest BCUT2D eigenvalue weighted by Gasteiger charge is -2.10. The second-order valence-corrected chi connectivity index (χ2v) is 4.02. The summed E-state index contributed by atoms with van der Waals surface area (Å²) in [6, 6.07) is 0. The number of primary amides is 1. The molecule has 0 bridgehead atoms. The van der Waals surface area contributed by atoms with Crippen molar-refractivity contribution in [3.63, 3.8) is 0 Å². The number of carbonyl (C=O) groups excluding carboxylic acids is 1. The van der Waals surface area contributed by atoms with E-state index in [4.69, 9.17) is 15.6 Å². The third kappa shape index (κ3) is 3.97. The zero-order valence-corrected chi connectivity index (χ0v) is 10.5. The van der Waals surface area contributed by atoms with Crippen molar-refractivity contribution in [1.29, 1.82) is 0 Å². The monoisotopic (exact) mass is 270 g/mol. The smallest absolute Gasteiger partial charge is 0.250 e. The van der Waals surface area contributed by atoms with Crippen LogP contribution in [0, 0.1) is 0 Å². The van der Waals surface area contributed by atoms with Gasteiger partial charge in [-0.05, 0) is 13.0 Å². The van der Waals surface area contributed by atoms with Gasteiger partial charge in [-0.1, -0.05) is 12.2 Å². The number of aliphatic hydroxyl groups excluding tert-OH is 3. The number of amides is 1. The number of hydrogen-bond donors (Lipinski definition) is 4. The molecular formula is C12H18N2O5. The number of nitrogens with two attached hydrogens (primary N) is 1. The third-order valence-electron chi connectivity index (χ3n) is 2.63. The highest BCUT2D eigenvalue weighted by molar-refractivity contribution is 6.11. The highest BCUT2D eigenvalue weighted by atomic mass is 16.6. The van der Waals surface area contributed by atoms with Crippen LogP contribution in [0.1, 0.15) is 6.92 Å². The second-order valence-electron chi connectivity index (χ2n) is 4.02. The minimum Gasteiger partial charge on any atom is -0.394 e. The van der Waals surface area contributed by atoms with Crippen LogP contribution in [0.25, 0.3) is 0 Å². The zero-order valence-electron chi connectivity index (χ0n) is 10.5. The van der Waals surface area contributed by atoms with Crippen molar-refractivity contribution in [1.82, 2.24) is 0 Å². The van der Waals surface area contributed by atoms with E-state index in [2.05, 4.69) is 4.99 Å². The van der Waals surface area contributed by atoms with Gasteiger partial charge in [0.15, 0.2) is 6.23 Å². The van der Waals surface area contributed by atoms with E-state index in [1.54, 1.807) is 19.1 Å². The Morgan fingerprint density at radius 3 is 2.58 bits per heavy atom. The molecule has 1 aliphatic rings. The fourth-order valence-corrected chi connectivity index (χ4v) is 1.55. The van der Waals surface area contributed by atoms with Crippen molar-refractivity contribution in [3.8, 4) is 0 Å². The van der Waals surface area contributed by atoms with Crippen LogP contribution in [0.2, 0.25) is 0 Å². The number of nitrogens with zero attached hydrogens (tertiary/aromatic N) is 1. The molecule has 4 atom stereocenters. The van der Waals surface area contributed by atoms with E-state index in [1.807, 2.05) is 0 Å². The number of aliphatic imine (C=N–C) groups is 1. The van der Waals surface area contributed by atoms with Crippen LogP contribution < -0.4 is 5.73 Å². The second kappa shape index (κ2) is 7.15. The molecule has 106 valence electrons. The van der Waals surface area contributed by atoms with Gasteiger partial charge in [0, 0.05) is 6.21 Å². The molecule has 0 aromatic carbocycles. The van der Waals surface area contributed by atoms with E-state index >= 15 is 0 Å². The van der Waals surface area contributed by atoms with Gasteiger partial charge in [-0.2, -0.15) is 0 Å². The predicted octanol–water partition coefficient (Wildman–Crippen LogP) is -1.52. The summed E-state index contributed by atoms with van der Waals surface area (Å²) in [5.74, 6) is -0.673. The highest BCUT2D eigenvalue weighted by Gasteiger charge is 2.41. The molecule has 1 rings (SSSR count). The molecule has 5 N–H and O–H groups in total. The largest absolute Gasteiger partial charge is 0.394 e. The quantitative estimate of drug-likeness (QED) is 0.274. The number of rotatable bonds is 5. The van der Waals surface area contributed by atoms with Gasteiger partial charge < -0.3 is 25.8 Å². The normalized spacial score (nSPS) is 32.5. The average Bonchev–Trinajstić information content (AvgIpc) is 2.66. The van der Waals surface area contributed by atoms with E-state index in [0.29, 0.717) is 0 Å². The molecule has 1 aliphatic heterocycles. The maximum Gasteiger partial charge on any atom is 0.250 e. The molecule has 1 fully saturated rings. The Morgan fingerprint density at radius 1 is 1.42 bits per heavy atom. The van der Waals surface area contributed by atoms with E-state index < -0.39 is 37.1 Å². The summed E-state index contributed by atoms with van der Waals surface area (Å²) in [7, 11) is 0. The fraction of sp³-hybridized carbons (Fsp3) is 0.500. The highest BCUT2D eigenvalue weighted by Crippen LogP contribution is 2.21. The Labute approximate surface area is 110 Å². The van der Waals surface area contributed by atoms with Crippen LogP contribution in [0.3, 0.4) is 0 Å². The van der Waals surface area contributed by atoms with Crippen molar-refractivity contribution >= 4 is 12.1 Å². The van der Waals surface area contributed by atoms with Crippen LogP contribution in [-0.2, 0) is 9.53 Å². The van der Waals surface area contributed by atoms with Crippen LogP contribution in [0.5, 0.6) is 0 Å². The summed E-state index contributed by atoms with van der Waals surface area (Å²) in [6.45, 7) is 1.35. The number of hydrogen-bond acceptors (Lipinski definition) is 6. The number of allylic oxidation sites excluding steroid dienone is 3. The van der Waals surface area contributed by atoms with Gasteiger partial charge in [0.1, 0.15) is 18.3 Å². The molecule has 1 saturated heterocycles. The maximum atomic E-state index is 11.1. The molecule has 7 heteroatoms. The molecule has 19 heavy (non-hydrogen) atoms. The van der Waals surface area contributed by atoms with Gasteiger partial charge in [0.25, 0.3) is 0 Å². The topological polar surface area (TPSA) is 125 Å². The van der Waals surface area contributed by atoms with Gasteiger partial charge in [0.05, 0.1) is 12.2 Å². The van der Waals surface area contributed by atoms with Crippen molar-refractivity contribution in [3.05, 3.63) is 23.8 Å². The summed E-state index contributed by atoms with van der Waals surface area (Å²) in [5, 5.41) is 28.1. The molecule has 0 spiro atoms. The van der Waals surface area contributed by atoms with Crippen LogP contribution in [0.15, 0.2) is 28.8 Å². The van der Waals surface area contributed by atoms with Crippen molar-refractivity contribution in [2.45, 2.75) is 31.5 Å². The molecule has 0 aromatic heterocycles. The first-order chi connectivity index (χ1) is 9.01. The molecule has 2 unspecified atom stereocenters. The maximum absolute atomic E-state index is 11.1. The summed E-state index contributed by atoms with van der Waals surface area (Å²) in [4.78, 5) is 15.0. The Hall–Kier alpha value is -1.54. The first-order valence-electron chi connectivity index (χ1n) is 5.79. The molecule has 1 amide bonds. The molecule has 0 aromatic rings. The summed E-state index contributed by atoms with van der Waals surface area (Å²) >= 11 is 0. The van der Waals surface area contributed by atoms with Crippen LogP contribution in [0.4, 0.5) is 0 Å². The van der Waals surface area contributed by atoms with E-state index in [-0.39, 0.29) is 5.57 Å². The van der Waals surface area contributed by atoms with E-state index in [1.165, 1.54) is 12.3 Å². The third-order valence-corrected chi connectivity index (χ3v) is 2.63. The molecule has 7 nitrogen and oxygen atoms in total. The lowest BCUT2D eigenvalue weighted by molar-refractivity contribution is -0.114. The molecule has 0 saturated carbocycles. The number of ether oxygens (including phenoxy) is 1. The predicted molar refractivity (Wildman–Crippen MR) is 68.3 cm³/mol. The lowest BCUT2D eigenvalue weighted by Crippen LogP contribution is -2.33. The summed E-state index contributed by atoms with van der Waals surface area (Å²) < 4.78 is 5.12.